The number of carboxylic acids is 1. The van der Waals surface area contributed by atoms with E-state index in [1.54, 1.807) is 31.2 Å². The van der Waals surface area contributed by atoms with E-state index in [0.717, 1.165) is 0 Å². The minimum Gasteiger partial charge on any atom is -0.480 e. The van der Waals surface area contributed by atoms with Gasteiger partial charge in [0, 0.05) is 7.05 Å². The van der Waals surface area contributed by atoms with Gasteiger partial charge in [0.1, 0.15) is 12.1 Å². The Morgan fingerprint density at radius 2 is 2.05 bits per heavy atom. The van der Waals surface area contributed by atoms with E-state index in [2.05, 4.69) is 5.32 Å². The number of nitriles is 1. The first-order valence-electron chi connectivity index (χ1n) is 6.68. The van der Waals surface area contributed by atoms with Crippen LogP contribution in [0.1, 0.15) is 25.8 Å². The van der Waals surface area contributed by atoms with Crippen LogP contribution in [0.25, 0.3) is 0 Å². The molecule has 0 fully saturated rings. The maximum absolute atomic E-state index is 12.2. The first kappa shape index (κ1) is 16.5. The molecule has 0 aromatic heterocycles. The summed E-state index contributed by atoms with van der Waals surface area (Å²) in [6.07, 6.45) is 0.635. The van der Waals surface area contributed by atoms with Crippen LogP contribution in [0.4, 0.5) is 10.5 Å². The molecule has 0 heterocycles. The van der Waals surface area contributed by atoms with E-state index >= 15 is 0 Å². The van der Waals surface area contributed by atoms with E-state index in [9.17, 15) is 14.7 Å². The molecule has 0 spiro atoms. The van der Waals surface area contributed by atoms with Gasteiger partial charge in [-0.25, -0.2) is 9.59 Å². The lowest BCUT2D eigenvalue weighted by atomic mass is 9.99. The van der Waals surface area contributed by atoms with Crippen molar-refractivity contribution in [2.45, 2.75) is 26.3 Å². The van der Waals surface area contributed by atoms with Crippen LogP contribution in [0.2, 0.25) is 0 Å². The highest BCUT2D eigenvalue weighted by atomic mass is 16.4. The fraction of sp³-hybridized carbons (Fsp3) is 0.400. The van der Waals surface area contributed by atoms with Crippen molar-refractivity contribution in [2.75, 3.05) is 11.9 Å². The molecule has 6 nitrogen and oxygen atoms in total. The number of carboxylic acid groups (broad SMARTS) is 1. The third-order valence-corrected chi connectivity index (χ3v) is 3.45. The maximum atomic E-state index is 12.2. The fourth-order valence-corrected chi connectivity index (χ4v) is 1.88. The van der Waals surface area contributed by atoms with Crippen molar-refractivity contribution in [1.82, 2.24) is 5.32 Å². The molecule has 2 unspecified atom stereocenters. The van der Waals surface area contributed by atoms with Gasteiger partial charge < -0.3 is 10.4 Å². The zero-order chi connectivity index (χ0) is 16.0. The molecule has 112 valence electrons. The second kappa shape index (κ2) is 7.29. The first-order valence-corrected chi connectivity index (χ1v) is 6.68. The van der Waals surface area contributed by atoms with E-state index in [0.29, 0.717) is 17.7 Å². The molecule has 2 atom stereocenters. The molecule has 6 heteroatoms. The van der Waals surface area contributed by atoms with Crippen molar-refractivity contribution in [3.8, 4) is 6.07 Å². The third-order valence-electron chi connectivity index (χ3n) is 3.45. The monoisotopic (exact) mass is 289 g/mol. The van der Waals surface area contributed by atoms with Gasteiger partial charge in [-0.05, 0) is 18.1 Å². The number of nitrogens with one attached hydrogen (secondary N) is 1. The van der Waals surface area contributed by atoms with Crippen LogP contribution in [0.15, 0.2) is 24.3 Å². The SMILES string of the molecule is CCC(C)C(NC(=O)N(C)c1ccccc1C#N)C(=O)O. The minimum absolute atomic E-state index is 0.189. The van der Waals surface area contributed by atoms with Gasteiger partial charge in [0.05, 0.1) is 11.3 Å². The van der Waals surface area contributed by atoms with Gasteiger partial charge in [-0.1, -0.05) is 32.4 Å². The second-order valence-corrected chi connectivity index (χ2v) is 4.84. The highest BCUT2D eigenvalue weighted by molar-refractivity contribution is 5.95. The summed E-state index contributed by atoms with van der Waals surface area (Å²) in [5.74, 6) is -1.26. The molecular weight excluding hydrogens is 270 g/mol. The average molecular weight is 289 g/mol. The number of nitrogens with zero attached hydrogens (tertiary/aromatic N) is 2. The summed E-state index contributed by atoms with van der Waals surface area (Å²) >= 11 is 0. The third kappa shape index (κ3) is 3.96. The van der Waals surface area contributed by atoms with Gasteiger partial charge in [0.2, 0.25) is 0 Å². The van der Waals surface area contributed by atoms with Gasteiger partial charge in [0.25, 0.3) is 0 Å². The molecular formula is C15H19N3O3. The lowest BCUT2D eigenvalue weighted by molar-refractivity contribution is -0.140. The predicted octanol–water partition coefficient (Wildman–Crippen LogP) is 2.20. The summed E-state index contributed by atoms with van der Waals surface area (Å²) in [6, 6.07) is 7.14. The topological polar surface area (TPSA) is 93.4 Å². The van der Waals surface area contributed by atoms with Crippen molar-refractivity contribution < 1.29 is 14.7 Å². The molecule has 0 aliphatic carbocycles. The lowest BCUT2D eigenvalue weighted by Gasteiger charge is -2.25. The summed E-state index contributed by atoms with van der Waals surface area (Å²) in [5.41, 5.74) is 0.788. The molecule has 0 aliphatic rings. The smallest absolute Gasteiger partial charge is 0.326 e. The summed E-state index contributed by atoms with van der Waals surface area (Å²) in [5, 5.41) is 20.7. The number of hydrogen-bond donors (Lipinski definition) is 2. The van der Waals surface area contributed by atoms with Crippen LogP contribution in [0.3, 0.4) is 0 Å². The molecule has 1 aromatic carbocycles. The maximum Gasteiger partial charge on any atom is 0.326 e. The summed E-state index contributed by atoms with van der Waals surface area (Å²) in [4.78, 5) is 24.7. The Kier molecular flexibility index (Phi) is 5.73. The molecule has 0 saturated heterocycles. The molecule has 21 heavy (non-hydrogen) atoms. The van der Waals surface area contributed by atoms with E-state index in [1.807, 2.05) is 13.0 Å². The first-order chi connectivity index (χ1) is 9.92. The average Bonchev–Trinajstić information content (AvgIpc) is 2.50. The van der Waals surface area contributed by atoms with E-state index in [1.165, 1.54) is 11.9 Å². The zero-order valence-electron chi connectivity index (χ0n) is 12.3. The zero-order valence-corrected chi connectivity index (χ0v) is 12.3. The van der Waals surface area contributed by atoms with Crippen molar-refractivity contribution in [1.29, 1.82) is 5.26 Å². The number of rotatable bonds is 5. The van der Waals surface area contributed by atoms with Gasteiger partial charge in [-0.15, -0.1) is 0 Å². The van der Waals surface area contributed by atoms with Crippen LogP contribution >= 0.6 is 0 Å². The van der Waals surface area contributed by atoms with Crippen molar-refractivity contribution in [3.63, 3.8) is 0 Å². The van der Waals surface area contributed by atoms with E-state index in [4.69, 9.17) is 5.26 Å². The van der Waals surface area contributed by atoms with Crippen LogP contribution < -0.4 is 10.2 Å². The summed E-state index contributed by atoms with van der Waals surface area (Å²) in [7, 11) is 1.50. The summed E-state index contributed by atoms with van der Waals surface area (Å²) in [6.45, 7) is 3.63. The number of benzene rings is 1. The van der Waals surface area contributed by atoms with Crippen LogP contribution in [-0.4, -0.2) is 30.2 Å². The van der Waals surface area contributed by atoms with Crippen molar-refractivity contribution in [3.05, 3.63) is 29.8 Å². The van der Waals surface area contributed by atoms with Crippen molar-refractivity contribution >= 4 is 17.7 Å². The Morgan fingerprint density at radius 1 is 1.43 bits per heavy atom. The highest BCUT2D eigenvalue weighted by Crippen LogP contribution is 2.18. The normalized spacial score (nSPS) is 12.9. The largest absolute Gasteiger partial charge is 0.480 e. The number of para-hydroxylation sites is 1. The number of carbonyl (C=O) groups is 2. The lowest BCUT2D eigenvalue weighted by Crippen LogP contribution is -2.49. The molecule has 0 aliphatic heterocycles. The van der Waals surface area contributed by atoms with E-state index < -0.39 is 18.0 Å². The van der Waals surface area contributed by atoms with E-state index in [-0.39, 0.29) is 5.92 Å². The van der Waals surface area contributed by atoms with Crippen LogP contribution in [0.5, 0.6) is 0 Å². The van der Waals surface area contributed by atoms with Crippen LogP contribution in [0, 0.1) is 17.2 Å². The summed E-state index contributed by atoms with van der Waals surface area (Å²) < 4.78 is 0. The molecule has 1 rings (SSSR count). The number of urea groups is 1. The Labute approximate surface area is 124 Å². The fourth-order valence-electron chi connectivity index (χ4n) is 1.88. The molecule has 1 aromatic rings. The predicted molar refractivity (Wildman–Crippen MR) is 79.0 cm³/mol. The number of aliphatic carboxylic acids is 1. The van der Waals surface area contributed by atoms with Gasteiger partial charge >= 0.3 is 12.0 Å². The van der Waals surface area contributed by atoms with Crippen molar-refractivity contribution in [2.24, 2.45) is 5.92 Å². The quantitative estimate of drug-likeness (QED) is 0.869. The number of anilines is 1. The number of carbonyl (C=O) groups excluding carboxylic acids is 1. The second-order valence-electron chi connectivity index (χ2n) is 4.84. The Bertz CT molecular complexity index is 566. The molecule has 0 radical (unpaired) electrons. The minimum atomic E-state index is -1.07. The van der Waals surface area contributed by atoms with Gasteiger partial charge in [-0.2, -0.15) is 5.26 Å². The molecule has 0 saturated carbocycles. The van der Waals surface area contributed by atoms with Gasteiger partial charge in [-0.3, -0.25) is 4.90 Å². The Morgan fingerprint density at radius 3 is 2.57 bits per heavy atom. The molecule has 0 bridgehead atoms. The standard InChI is InChI=1S/C15H19N3O3/c1-4-10(2)13(14(19)20)17-15(21)18(3)12-8-6-5-7-11(12)9-16/h5-8,10,13H,4H2,1-3H3,(H,17,21)(H,19,20). The number of amides is 2. The van der Waals surface area contributed by atoms with Gasteiger partial charge in [0.15, 0.2) is 0 Å². The van der Waals surface area contributed by atoms with Crippen LogP contribution in [-0.2, 0) is 4.79 Å². The highest BCUT2D eigenvalue weighted by Gasteiger charge is 2.27. The number of hydrogen-bond acceptors (Lipinski definition) is 3. The molecule has 2 amide bonds. The molecule has 2 N–H and O–H groups in total. The Balaban J connectivity index is 2.92. The Hall–Kier alpha value is -2.55.